The number of morpholine rings is 1. The molecule has 0 spiro atoms. The van der Waals surface area contributed by atoms with Crippen LogP contribution in [0.4, 0.5) is 0 Å². The smallest absolute Gasteiger partial charge is 0.191 e. The number of nitrogens with one attached hydrogen (secondary N) is 2. The van der Waals surface area contributed by atoms with Gasteiger partial charge in [0.05, 0.1) is 26.0 Å². The Morgan fingerprint density at radius 2 is 2.12 bits per heavy atom. The van der Waals surface area contributed by atoms with E-state index in [0.29, 0.717) is 12.1 Å². The molecule has 2 heterocycles. The minimum Gasteiger partial charge on any atom is -0.469 e. The van der Waals surface area contributed by atoms with Gasteiger partial charge >= 0.3 is 0 Å². The molecule has 2 fully saturated rings. The summed E-state index contributed by atoms with van der Waals surface area (Å²) in [6.45, 7) is 7.58. The van der Waals surface area contributed by atoms with Gasteiger partial charge in [0, 0.05) is 38.1 Å². The third-order valence-corrected chi connectivity index (χ3v) is 5.12. The van der Waals surface area contributed by atoms with Crippen LogP contribution in [0.5, 0.6) is 0 Å². The number of hydrogen-bond acceptors (Lipinski definition) is 4. The molecule has 0 aromatic carbocycles. The third-order valence-electron chi connectivity index (χ3n) is 5.12. The highest BCUT2D eigenvalue weighted by atomic mass is 16.5. The Hall–Kier alpha value is -1.53. The lowest BCUT2D eigenvalue weighted by Gasteiger charge is -2.31. The molecule has 0 radical (unpaired) electrons. The van der Waals surface area contributed by atoms with Crippen molar-refractivity contribution in [2.75, 3.05) is 39.4 Å². The number of hydrogen-bond donors (Lipinski definition) is 2. The zero-order valence-corrected chi connectivity index (χ0v) is 15.4. The summed E-state index contributed by atoms with van der Waals surface area (Å²) in [4.78, 5) is 7.32. The topological polar surface area (TPSA) is 62.0 Å². The predicted molar refractivity (Wildman–Crippen MR) is 100.0 cm³/mol. The largest absolute Gasteiger partial charge is 0.469 e. The fraction of sp³-hybridized carbons (Fsp3) is 0.737. The van der Waals surface area contributed by atoms with Gasteiger partial charge in [0.2, 0.25) is 0 Å². The molecule has 1 saturated carbocycles. The lowest BCUT2D eigenvalue weighted by molar-refractivity contribution is 0.0220. The van der Waals surface area contributed by atoms with Crippen LogP contribution in [0.15, 0.2) is 27.8 Å². The Labute approximate surface area is 151 Å². The van der Waals surface area contributed by atoms with E-state index in [1.54, 1.807) is 6.26 Å². The van der Waals surface area contributed by atoms with Gasteiger partial charge in [0.15, 0.2) is 5.96 Å². The van der Waals surface area contributed by atoms with E-state index in [2.05, 4.69) is 22.5 Å². The van der Waals surface area contributed by atoms with E-state index in [1.807, 2.05) is 12.1 Å². The molecule has 1 aromatic rings. The summed E-state index contributed by atoms with van der Waals surface area (Å²) in [6.07, 6.45) is 7.74. The highest BCUT2D eigenvalue weighted by Crippen LogP contribution is 2.17. The van der Waals surface area contributed by atoms with Crippen molar-refractivity contribution in [3.63, 3.8) is 0 Å². The van der Waals surface area contributed by atoms with Crippen molar-refractivity contribution in [2.24, 2.45) is 4.99 Å². The Morgan fingerprint density at radius 1 is 1.32 bits per heavy atom. The van der Waals surface area contributed by atoms with Gasteiger partial charge < -0.3 is 19.8 Å². The fourth-order valence-electron chi connectivity index (χ4n) is 3.53. The summed E-state index contributed by atoms with van der Waals surface area (Å²) in [7, 11) is 0. The average Bonchev–Trinajstić information content (AvgIpc) is 3.34. The first kappa shape index (κ1) is 18.3. The van der Waals surface area contributed by atoms with E-state index >= 15 is 0 Å². The van der Waals surface area contributed by atoms with E-state index < -0.39 is 0 Å². The first-order valence-electron chi connectivity index (χ1n) is 9.70. The maximum atomic E-state index is 5.44. The molecular formula is C19H32N4O2. The van der Waals surface area contributed by atoms with Gasteiger partial charge in [0.1, 0.15) is 5.76 Å². The van der Waals surface area contributed by atoms with Crippen molar-refractivity contribution < 1.29 is 9.15 Å². The number of ether oxygens (including phenoxy) is 1. The van der Waals surface area contributed by atoms with Crippen molar-refractivity contribution in [1.29, 1.82) is 0 Å². The molecule has 2 N–H and O–H groups in total. The third kappa shape index (κ3) is 6.04. The number of nitrogens with zero attached hydrogens (tertiary/aromatic N) is 2. The van der Waals surface area contributed by atoms with Gasteiger partial charge in [-0.15, -0.1) is 0 Å². The summed E-state index contributed by atoms with van der Waals surface area (Å²) in [5, 5.41) is 7.10. The first-order valence-corrected chi connectivity index (χ1v) is 9.70. The van der Waals surface area contributed by atoms with Gasteiger partial charge in [0.25, 0.3) is 0 Å². The Kier molecular flexibility index (Phi) is 7.18. The normalized spacial score (nSPS) is 21.4. The Balaban J connectivity index is 1.50. The molecule has 3 rings (SSSR count). The van der Waals surface area contributed by atoms with E-state index in [9.17, 15) is 0 Å². The molecule has 1 unspecified atom stereocenters. The molecule has 0 bridgehead atoms. The second-order valence-electron chi connectivity index (χ2n) is 7.07. The number of rotatable bonds is 7. The van der Waals surface area contributed by atoms with Gasteiger partial charge in [-0.05, 0) is 31.9 Å². The van der Waals surface area contributed by atoms with Crippen LogP contribution in [0.25, 0.3) is 0 Å². The number of furan rings is 1. The van der Waals surface area contributed by atoms with Crippen LogP contribution in [-0.4, -0.2) is 62.3 Å². The lowest BCUT2D eigenvalue weighted by Crippen LogP contribution is -2.46. The Bertz CT molecular complexity index is 506. The monoisotopic (exact) mass is 348 g/mol. The molecule has 25 heavy (non-hydrogen) atoms. The standard InChI is InChI=1S/C19H32N4O2/c1-16(23-10-13-24-14-11-23)15-21-19(22-17-5-2-3-6-17)20-9-8-18-7-4-12-25-18/h4,7,12,16-17H,2-3,5-6,8-11,13-15H2,1H3,(H2,20,21,22). The van der Waals surface area contributed by atoms with Crippen molar-refractivity contribution in [2.45, 2.75) is 51.1 Å². The SMILES string of the molecule is CC(CN=C(NCCc1ccco1)NC1CCCC1)N1CCOCC1. The summed E-state index contributed by atoms with van der Waals surface area (Å²) in [5.41, 5.74) is 0. The minimum atomic E-state index is 0.441. The molecule has 1 aromatic heterocycles. The highest BCUT2D eigenvalue weighted by molar-refractivity contribution is 5.80. The van der Waals surface area contributed by atoms with Crippen molar-refractivity contribution in [3.8, 4) is 0 Å². The van der Waals surface area contributed by atoms with Crippen LogP contribution in [0.3, 0.4) is 0 Å². The summed E-state index contributed by atoms with van der Waals surface area (Å²) in [6, 6.07) is 4.96. The number of guanidine groups is 1. The Morgan fingerprint density at radius 3 is 2.84 bits per heavy atom. The molecule has 0 amide bonds. The summed E-state index contributed by atoms with van der Waals surface area (Å²) >= 11 is 0. The van der Waals surface area contributed by atoms with Crippen LogP contribution >= 0.6 is 0 Å². The molecule has 6 nitrogen and oxygen atoms in total. The minimum absolute atomic E-state index is 0.441. The lowest BCUT2D eigenvalue weighted by atomic mass is 10.2. The molecule has 1 saturated heterocycles. The number of aliphatic imine (C=N–C) groups is 1. The maximum Gasteiger partial charge on any atom is 0.191 e. The van der Waals surface area contributed by atoms with Gasteiger partial charge in [-0.25, -0.2) is 0 Å². The van der Waals surface area contributed by atoms with Crippen LogP contribution in [-0.2, 0) is 11.2 Å². The molecule has 2 aliphatic rings. The molecule has 140 valence electrons. The first-order chi connectivity index (χ1) is 12.3. The quantitative estimate of drug-likeness (QED) is 0.583. The van der Waals surface area contributed by atoms with E-state index in [0.717, 1.165) is 57.5 Å². The molecule has 1 atom stereocenters. The zero-order valence-electron chi connectivity index (χ0n) is 15.4. The molecular weight excluding hydrogens is 316 g/mol. The highest BCUT2D eigenvalue weighted by Gasteiger charge is 2.18. The van der Waals surface area contributed by atoms with Crippen LogP contribution < -0.4 is 10.6 Å². The van der Waals surface area contributed by atoms with Crippen molar-refractivity contribution in [3.05, 3.63) is 24.2 Å². The summed E-state index contributed by atoms with van der Waals surface area (Å²) < 4.78 is 10.8. The average molecular weight is 348 g/mol. The van der Waals surface area contributed by atoms with E-state index in [1.165, 1.54) is 25.7 Å². The predicted octanol–water partition coefficient (Wildman–Crippen LogP) is 2.02. The maximum absolute atomic E-state index is 5.44. The second-order valence-corrected chi connectivity index (χ2v) is 7.07. The second kappa shape index (κ2) is 9.82. The molecule has 6 heteroatoms. The molecule has 1 aliphatic heterocycles. The van der Waals surface area contributed by atoms with Crippen molar-refractivity contribution >= 4 is 5.96 Å². The van der Waals surface area contributed by atoms with Crippen molar-refractivity contribution in [1.82, 2.24) is 15.5 Å². The van der Waals surface area contributed by atoms with Gasteiger partial charge in [-0.3, -0.25) is 9.89 Å². The van der Waals surface area contributed by atoms with Gasteiger partial charge in [-0.1, -0.05) is 12.8 Å². The van der Waals surface area contributed by atoms with E-state index in [4.69, 9.17) is 14.1 Å². The fourth-order valence-corrected chi connectivity index (χ4v) is 3.53. The van der Waals surface area contributed by atoms with Crippen LogP contribution in [0.2, 0.25) is 0 Å². The molecule has 1 aliphatic carbocycles. The van der Waals surface area contributed by atoms with Crippen LogP contribution in [0, 0.1) is 0 Å². The zero-order chi connectivity index (χ0) is 17.3. The summed E-state index contributed by atoms with van der Waals surface area (Å²) in [5.74, 6) is 1.95. The van der Waals surface area contributed by atoms with E-state index in [-0.39, 0.29) is 0 Å². The van der Waals surface area contributed by atoms with Crippen LogP contribution in [0.1, 0.15) is 38.4 Å². The van der Waals surface area contributed by atoms with Gasteiger partial charge in [-0.2, -0.15) is 0 Å².